The standard InChI is InChI=1S/C15H20ClN3O/c1-4-12-14(16)13(19(5-2)18-12)9-15(3,20)11-7-6-8-17-10-11/h6-8,10,20H,4-5,9H2,1-3H3. The van der Waals surface area contributed by atoms with Crippen molar-refractivity contribution in [3.05, 3.63) is 46.5 Å². The van der Waals surface area contributed by atoms with Crippen LogP contribution < -0.4 is 0 Å². The van der Waals surface area contributed by atoms with Gasteiger partial charge in [0.05, 0.1) is 22.0 Å². The third-order valence-corrected chi connectivity index (χ3v) is 3.93. The van der Waals surface area contributed by atoms with Crippen LogP contribution in [0.4, 0.5) is 0 Å². The highest BCUT2D eigenvalue weighted by molar-refractivity contribution is 6.31. The van der Waals surface area contributed by atoms with Crippen molar-refractivity contribution in [2.45, 2.75) is 45.8 Å². The van der Waals surface area contributed by atoms with Gasteiger partial charge < -0.3 is 5.11 Å². The van der Waals surface area contributed by atoms with E-state index < -0.39 is 5.60 Å². The quantitative estimate of drug-likeness (QED) is 0.922. The molecule has 0 bridgehead atoms. The highest BCUT2D eigenvalue weighted by atomic mass is 35.5. The smallest absolute Gasteiger partial charge is 0.0939 e. The molecular weight excluding hydrogens is 274 g/mol. The Balaban J connectivity index is 2.36. The molecule has 2 heterocycles. The van der Waals surface area contributed by atoms with Crippen molar-refractivity contribution in [2.75, 3.05) is 0 Å². The van der Waals surface area contributed by atoms with Gasteiger partial charge in [0.15, 0.2) is 0 Å². The number of hydrogen-bond acceptors (Lipinski definition) is 3. The van der Waals surface area contributed by atoms with Gasteiger partial charge in [-0.15, -0.1) is 0 Å². The van der Waals surface area contributed by atoms with Crippen LogP contribution in [-0.4, -0.2) is 19.9 Å². The lowest BCUT2D eigenvalue weighted by molar-refractivity contribution is 0.0550. The second kappa shape index (κ2) is 5.94. The molecule has 0 saturated carbocycles. The molecule has 4 nitrogen and oxygen atoms in total. The summed E-state index contributed by atoms with van der Waals surface area (Å²) < 4.78 is 1.87. The van der Waals surface area contributed by atoms with E-state index in [0.717, 1.165) is 29.9 Å². The zero-order valence-electron chi connectivity index (χ0n) is 12.1. The molecule has 5 heteroatoms. The minimum absolute atomic E-state index is 0.415. The summed E-state index contributed by atoms with van der Waals surface area (Å²) in [7, 11) is 0. The predicted molar refractivity (Wildman–Crippen MR) is 79.8 cm³/mol. The van der Waals surface area contributed by atoms with Crippen LogP contribution in [0.15, 0.2) is 24.5 Å². The Morgan fingerprint density at radius 1 is 1.40 bits per heavy atom. The maximum Gasteiger partial charge on any atom is 0.0939 e. The second-order valence-electron chi connectivity index (χ2n) is 5.07. The van der Waals surface area contributed by atoms with Gasteiger partial charge in [-0.3, -0.25) is 9.67 Å². The summed E-state index contributed by atoms with van der Waals surface area (Å²) in [6.45, 7) is 6.56. The number of hydrogen-bond donors (Lipinski definition) is 1. The molecule has 1 atom stereocenters. The average Bonchev–Trinajstić information content (AvgIpc) is 2.76. The fourth-order valence-electron chi connectivity index (χ4n) is 2.30. The van der Waals surface area contributed by atoms with Crippen LogP contribution in [-0.2, 0) is 25.0 Å². The first-order chi connectivity index (χ1) is 9.49. The SMILES string of the molecule is CCc1nn(CC)c(CC(C)(O)c2cccnc2)c1Cl. The molecule has 0 radical (unpaired) electrons. The molecular formula is C15H20ClN3O. The van der Waals surface area contributed by atoms with Crippen molar-refractivity contribution in [2.24, 2.45) is 0 Å². The Morgan fingerprint density at radius 2 is 2.15 bits per heavy atom. The van der Waals surface area contributed by atoms with Crippen molar-refractivity contribution in [3.8, 4) is 0 Å². The fourth-order valence-corrected chi connectivity index (χ4v) is 2.63. The lowest BCUT2D eigenvalue weighted by Gasteiger charge is -2.24. The van der Waals surface area contributed by atoms with Crippen LogP contribution in [0.3, 0.4) is 0 Å². The van der Waals surface area contributed by atoms with Gasteiger partial charge in [0.1, 0.15) is 0 Å². The normalized spacial score (nSPS) is 14.2. The van der Waals surface area contributed by atoms with Gasteiger partial charge in [-0.2, -0.15) is 5.10 Å². The van der Waals surface area contributed by atoms with E-state index in [1.54, 1.807) is 19.3 Å². The van der Waals surface area contributed by atoms with Crippen molar-refractivity contribution >= 4 is 11.6 Å². The zero-order chi connectivity index (χ0) is 14.8. The van der Waals surface area contributed by atoms with Gasteiger partial charge in [-0.05, 0) is 26.3 Å². The average molecular weight is 294 g/mol. The van der Waals surface area contributed by atoms with Gasteiger partial charge in [0.25, 0.3) is 0 Å². The minimum Gasteiger partial charge on any atom is -0.385 e. The Hall–Kier alpha value is -1.39. The van der Waals surface area contributed by atoms with Crippen molar-refractivity contribution < 1.29 is 5.11 Å². The summed E-state index contributed by atoms with van der Waals surface area (Å²) in [4.78, 5) is 4.06. The Kier molecular flexibility index (Phi) is 4.45. The number of halogens is 1. The van der Waals surface area contributed by atoms with E-state index in [-0.39, 0.29) is 0 Å². The van der Waals surface area contributed by atoms with Crippen molar-refractivity contribution in [3.63, 3.8) is 0 Å². The highest BCUT2D eigenvalue weighted by Gasteiger charge is 2.28. The molecule has 0 fully saturated rings. The number of aliphatic hydroxyl groups is 1. The van der Waals surface area contributed by atoms with Gasteiger partial charge in [0, 0.05) is 30.9 Å². The lowest BCUT2D eigenvalue weighted by Crippen LogP contribution is -2.26. The van der Waals surface area contributed by atoms with Crippen LogP contribution in [0.25, 0.3) is 0 Å². The predicted octanol–water partition coefficient (Wildman–Crippen LogP) is 2.96. The van der Waals surface area contributed by atoms with E-state index in [2.05, 4.69) is 10.1 Å². The van der Waals surface area contributed by atoms with Gasteiger partial charge in [0.2, 0.25) is 0 Å². The molecule has 108 valence electrons. The largest absolute Gasteiger partial charge is 0.385 e. The maximum atomic E-state index is 10.7. The molecule has 20 heavy (non-hydrogen) atoms. The first kappa shape index (κ1) is 15.0. The first-order valence-electron chi connectivity index (χ1n) is 6.86. The van der Waals surface area contributed by atoms with Crippen LogP contribution in [0, 0.1) is 0 Å². The van der Waals surface area contributed by atoms with E-state index in [9.17, 15) is 5.11 Å². The molecule has 0 aromatic carbocycles. The van der Waals surface area contributed by atoms with Gasteiger partial charge in [-0.25, -0.2) is 0 Å². The Morgan fingerprint density at radius 3 is 2.70 bits per heavy atom. The summed E-state index contributed by atoms with van der Waals surface area (Å²) in [6.07, 6.45) is 4.57. The number of aromatic nitrogens is 3. The molecule has 0 aliphatic carbocycles. The molecule has 0 aliphatic rings. The molecule has 2 aromatic heterocycles. The van der Waals surface area contributed by atoms with E-state index in [1.165, 1.54) is 0 Å². The van der Waals surface area contributed by atoms with Crippen molar-refractivity contribution in [1.82, 2.24) is 14.8 Å². The third-order valence-electron chi connectivity index (χ3n) is 3.49. The second-order valence-corrected chi connectivity index (χ2v) is 5.45. The van der Waals surface area contributed by atoms with Crippen LogP contribution in [0.2, 0.25) is 5.02 Å². The molecule has 0 aliphatic heterocycles. The first-order valence-corrected chi connectivity index (χ1v) is 7.24. The number of aryl methyl sites for hydroxylation is 2. The zero-order valence-corrected chi connectivity index (χ0v) is 12.9. The molecule has 1 unspecified atom stereocenters. The van der Waals surface area contributed by atoms with Crippen LogP contribution in [0.5, 0.6) is 0 Å². The summed E-state index contributed by atoms with van der Waals surface area (Å²) in [5.74, 6) is 0. The summed E-state index contributed by atoms with van der Waals surface area (Å²) in [5.41, 5.74) is 1.51. The third kappa shape index (κ3) is 2.86. The van der Waals surface area contributed by atoms with Gasteiger partial charge >= 0.3 is 0 Å². The fraction of sp³-hybridized carbons (Fsp3) is 0.467. The number of pyridine rings is 1. The van der Waals surface area contributed by atoms with Crippen molar-refractivity contribution in [1.29, 1.82) is 0 Å². The van der Waals surface area contributed by atoms with Gasteiger partial charge in [-0.1, -0.05) is 24.6 Å². The summed E-state index contributed by atoms with van der Waals surface area (Å²) >= 11 is 6.39. The minimum atomic E-state index is -1.02. The molecule has 1 N–H and O–H groups in total. The number of nitrogens with zero attached hydrogens (tertiary/aromatic N) is 3. The molecule has 2 rings (SSSR count). The summed E-state index contributed by atoms with van der Waals surface area (Å²) in [6, 6.07) is 3.69. The van der Waals surface area contributed by atoms with Crippen LogP contribution >= 0.6 is 11.6 Å². The Bertz CT molecular complexity index is 578. The maximum absolute atomic E-state index is 10.7. The van der Waals surface area contributed by atoms with E-state index in [1.807, 2.05) is 30.7 Å². The molecule has 0 saturated heterocycles. The Labute approximate surface area is 124 Å². The van der Waals surface area contributed by atoms with E-state index >= 15 is 0 Å². The van der Waals surface area contributed by atoms with E-state index in [0.29, 0.717) is 11.4 Å². The lowest BCUT2D eigenvalue weighted by atomic mass is 9.92. The van der Waals surface area contributed by atoms with E-state index in [4.69, 9.17) is 11.6 Å². The topological polar surface area (TPSA) is 50.9 Å². The summed E-state index contributed by atoms with van der Waals surface area (Å²) in [5, 5.41) is 15.9. The monoisotopic (exact) mass is 293 g/mol. The molecule has 0 spiro atoms. The molecule has 2 aromatic rings. The van der Waals surface area contributed by atoms with Crippen LogP contribution in [0.1, 0.15) is 37.7 Å². The highest BCUT2D eigenvalue weighted by Crippen LogP contribution is 2.30. The molecule has 0 amide bonds. The number of rotatable bonds is 5.